The van der Waals surface area contributed by atoms with Crippen molar-refractivity contribution in [2.75, 3.05) is 52.5 Å². The van der Waals surface area contributed by atoms with Gasteiger partial charge in [-0.3, -0.25) is 9.34 Å². The topological polar surface area (TPSA) is 91.5 Å². The minimum atomic E-state index is -3.78. The van der Waals surface area contributed by atoms with Crippen molar-refractivity contribution >= 4 is 29.1 Å². The number of primary sulfonamides is 1. The van der Waals surface area contributed by atoms with Crippen LogP contribution in [-0.4, -0.2) is 75.1 Å². The Morgan fingerprint density at radius 1 is 0.900 bits per heavy atom. The van der Waals surface area contributed by atoms with E-state index in [9.17, 15) is 8.42 Å². The van der Waals surface area contributed by atoms with Crippen molar-refractivity contribution in [3.63, 3.8) is 0 Å². The number of allylic oxidation sites excluding steroid dienone is 2. The molecule has 2 N–H and O–H groups in total. The van der Waals surface area contributed by atoms with E-state index in [1.165, 1.54) is 22.1 Å². The van der Waals surface area contributed by atoms with Gasteiger partial charge in [0.05, 0.1) is 23.8 Å². The van der Waals surface area contributed by atoms with Crippen molar-refractivity contribution in [1.82, 2.24) is 14.2 Å². The van der Waals surface area contributed by atoms with Crippen LogP contribution in [0.25, 0.3) is 6.08 Å². The quantitative estimate of drug-likeness (QED) is 0.321. The van der Waals surface area contributed by atoms with Crippen LogP contribution in [0.1, 0.15) is 46.1 Å². The maximum atomic E-state index is 12.0. The monoisotopic (exact) mass is 585 g/mol. The average molecular weight is 586 g/mol. The summed E-state index contributed by atoms with van der Waals surface area (Å²) in [6.07, 6.45) is 4.24. The zero-order chi connectivity index (χ0) is 28.8. The summed E-state index contributed by atoms with van der Waals surface area (Å²) in [6.45, 7) is 15.4. The standard InChI is InChI=1S/C30H44N5O3PS/c1-5-34(6-2)39(35(7-3)8-4,32-27-15-17-28(18-16-27)40(31,36)37)29-19-14-26(24-25-12-10-9-11-13-25)30(29)33-20-22-38-23-21-33/h9-13,15-18,24H,5-8,14,19-23H2,1-4H3,(H2,31,36,37)/b26-24-. The highest BCUT2D eigenvalue weighted by molar-refractivity contribution is 7.89. The first-order chi connectivity index (χ1) is 19.3. The maximum Gasteiger partial charge on any atom is 0.238 e. The summed E-state index contributed by atoms with van der Waals surface area (Å²) in [6, 6.07) is 17.3. The zero-order valence-electron chi connectivity index (χ0n) is 24.3. The van der Waals surface area contributed by atoms with Gasteiger partial charge in [-0.15, -0.1) is 0 Å². The van der Waals surface area contributed by atoms with Crippen molar-refractivity contribution in [1.29, 1.82) is 0 Å². The van der Waals surface area contributed by atoms with Crippen LogP contribution in [0, 0.1) is 0 Å². The predicted molar refractivity (Wildman–Crippen MR) is 166 cm³/mol. The van der Waals surface area contributed by atoms with Gasteiger partial charge in [0.25, 0.3) is 0 Å². The van der Waals surface area contributed by atoms with E-state index in [0.717, 1.165) is 57.8 Å². The molecule has 1 aliphatic heterocycles. The SMILES string of the molecule is CCN(CC)P(=Nc1ccc(S(N)(=O)=O)cc1)(C1=C(N2CCOCC2)/C(=C\c2ccccc2)CC1)N(CC)CC. The van der Waals surface area contributed by atoms with Crippen molar-refractivity contribution < 1.29 is 13.2 Å². The van der Waals surface area contributed by atoms with Crippen LogP contribution in [0.15, 0.2) is 80.8 Å². The third-order valence-corrected chi connectivity index (χ3v) is 13.0. The third kappa shape index (κ3) is 6.46. The Hall–Kier alpha value is -2.26. The van der Waals surface area contributed by atoms with Crippen molar-refractivity contribution in [3.8, 4) is 0 Å². The molecule has 0 atom stereocenters. The zero-order valence-corrected chi connectivity index (χ0v) is 26.0. The van der Waals surface area contributed by atoms with Crippen LogP contribution in [0.3, 0.4) is 0 Å². The second-order valence-electron chi connectivity index (χ2n) is 9.96. The number of hydrogen-bond acceptors (Lipinski definition) is 5. The first-order valence-electron chi connectivity index (χ1n) is 14.4. The molecule has 4 rings (SSSR count). The van der Waals surface area contributed by atoms with E-state index < -0.39 is 17.4 Å². The van der Waals surface area contributed by atoms with E-state index in [4.69, 9.17) is 14.6 Å². The molecular formula is C30H44N5O3PS. The third-order valence-electron chi connectivity index (χ3n) is 7.71. The molecule has 2 aromatic carbocycles. The fourth-order valence-electron chi connectivity index (χ4n) is 5.84. The Bertz CT molecular complexity index is 1340. The molecule has 40 heavy (non-hydrogen) atoms. The van der Waals surface area contributed by atoms with Crippen molar-refractivity contribution in [3.05, 3.63) is 76.7 Å². The summed E-state index contributed by atoms with van der Waals surface area (Å²) in [5, 5.41) is 6.80. The molecule has 8 nitrogen and oxygen atoms in total. The smallest absolute Gasteiger partial charge is 0.238 e. The van der Waals surface area contributed by atoms with Gasteiger partial charge < -0.3 is 9.64 Å². The molecule has 0 bridgehead atoms. The minimum Gasteiger partial charge on any atom is -0.378 e. The lowest BCUT2D eigenvalue weighted by Gasteiger charge is -2.45. The molecule has 0 radical (unpaired) electrons. The highest BCUT2D eigenvalue weighted by atomic mass is 32.2. The van der Waals surface area contributed by atoms with Gasteiger partial charge in [-0.2, -0.15) is 0 Å². The first-order valence-corrected chi connectivity index (χ1v) is 17.6. The van der Waals surface area contributed by atoms with E-state index in [-0.39, 0.29) is 4.90 Å². The van der Waals surface area contributed by atoms with E-state index in [1.54, 1.807) is 24.3 Å². The molecule has 0 aromatic heterocycles. The van der Waals surface area contributed by atoms with Crippen molar-refractivity contribution in [2.24, 2.45) is 9.88 Å². The second kappa shape index (κ2) is 13.6. The molecule has 1 aliphatic carbocycles. The van der Waals surface area contributed by atoms with Gasteiger partial charge in [-0.1, -0.05) is 58.0 Å². The minimum absolute atomic E-state index is 0.100. The number of rotatable bonds is 11. The van der Waals surface area contributed by atoms with E-state index in [2.05, 4.69) is 78.3 Å². The molecule has 0 spiro atoms. The number of hydrogen-bond donors (Lipinski definition) is 1. The van der Waals surface area contributed by atoms with Crippen LogP contribution >= 0.6 is 7.36 Å². The lowest BCUT2D eigenvalue weighted by molar-refractivity contribution is 0.0548. The molecule has 2 aliphatic rings. The normalized spacial score (nSPS) is 17.9. The molecule has 2 aromatic rings. The number of ether oxygens (including phenoxy) is 1. The van der Waals surface area contributed by atoms with Crippen LogP contribution in [0.4, 0.5) is 5.69 Å². The maximum absolute atomic E-state index is 12.0. The molecule has 1 heterocycles. The number of morpholine rings is 1. The predicted octanol–water partition coefficient (Wildman–Crippen LogP) is 6.10. The fourth-order valence-corrected chi connectivity index (χ4v) is 10.8. The molecule has 0 saturated carbocycles. The summed E-state index contributed by atoms with van der Waals surface area (Å²) < 4.78 is 40.4. The molecular weight excluding hydrogens is 541 g/mol. The van der Waals surface area contributed by atoms with Crippen LogP contribution in [0.2, 0.25) is 0 Å². The highest BCUT2D eigenvalue weighted by Crippen LogP contribution is 2.69. The van der Waals surface area contributed by atoms with Gasteiger partial charge >= 0.3 is 0 Å². The number of benzene rings is 2. The van der Waals surface area contributed by atoms with Gasteiger partial charge in [-0.05, 0) is 54.3 Å². The van der Waals surface area contributed by atoms with Gasteiger partial charge in [0.1, 0.15) is 7.36 Å². The van der Waals surface area contributed by atoms with Gasteiger partial charge in [0.15, 0.2) is 0 Å². The lowest BCUT2D eigenvalue weighted by atomic mass is 10.1. The second-order valence-corrected chi connectivity index (χ2v) is 14.5. The molecule has 10 heteroatoms. The highest BCUT2D eigenvalue weighted by Gasteiger charge is 2.41. The Kier molecular flexibility index (Phi) is 10.4. The van der Waals surface area contributed by atoms with Crippen LogP contribution in [-0.2, 0) is 14.8 Å². The molecule has 1 saturated heterocycles. The number of sulfonamides is 1. The molecule has 0 unspecified atom stereocenters. The van der Waals surface area contributed by atoms with Gasteiger partial charge in [0.2, 0.25) is 10.0 Å². The summed E-state index contributed by atoms with van der Waals surface area (Å²) in [5.41, 5.74) is 4.65. The number of nitrogens with two attached hydrogens (primary N) is 1. The van der Waals surface area contributed by atoms with E-state index >= 15 is 0 Å². The fraction of sp³-hybridized carbons (Fsp3) is 0.467. The Morgan fingerprint density at radius 3 is 2.00 bits per heavy atom. The van der Waals surface area contributed by atoms with Gasteiger partial charge in [-0.25, -0.2) is 18.3 Å². The summed E-state index contributed by atoms with van der Waals surface area (Å²) in [5.74, 6) is 0. The number of nitrogens with zero attached hydrogens (tertiary/aromatic N) is 4. The van der Waals surface area contributed by atoms with E-state index in [1.807, 2.05) is 0 Å². The average Bonchev–Trinajstić information content (AvgIpc) is 3.38. The first kappa shape index (κ1) is 30.7. The Labute approximate surface area is 240 Å². The Morgan fingerprint density at radius 2 is 1.48 bits per heavy atom. The van der Waals surface area contributed by atoms with E-state index in [0.29, 0.717) is 13.2 Å². The van der Waals surface area contributed by atoms with Crippen LogP contribution in [0.5, 0.6) is 0 Å². The summed E-state index contributed by atoms with van der Waals surface area (Å²) in [4.78, 5) is 2.62. The largest absolute Gasteiger partial charge is 0.378 e. The lowest BCUT2D eigenvalue weighted by Crippen LogP contribution is -2.38. The Balaban J connectivity index is 2.04. The summed E-state index contributed by atoms with van der Waals surface area (Å²) in [7, 11) is -6.22. The molecule has 0 amide bonds. The van der Waals surface area contributed by atoms with Crippen molar-refractivity contribution in [2.45, 2.75) is 45.4 Å². The summed E-state index contributed by atoms with van der Waals surface area (Å²) >= 11 is 0. The van der Waals surface area contributed by atoms with Crippen LogP contribution < -0.4 is 5.14 Å². The molecule has 1 fully saturated rings. The van der Waals surface area contributed by atoms with Gasteiger partial charge in [0, 0.05) is 50.3 Å². The molecule has 218 valence electrons.